The normalized spacial score (nSPS) is 20.6. The first-order chi connectivity index (χ1) is 8.38. The SMILES string of the molecule is O=Cc1ccc2cnc(C3CCCSC3)n2c1. The average Bonchev–Trinajstić information content (AvgIpc) is 2.82. The highest BCUT2D eigenvalue weighted by atomic mass is 32.2. The van der Waals surface area contributed by atoms with Gasteiger partial charge >= 0.3 is 0 Å². The molecular formula is C13H14N2OS. The van der Waals surface area contributed by atoms with Gasteiger partial charge < -0.3 is 4.40 Å². The van der Waals surface area contributed by atoms with Gasteiger partial charge in [0.1, 0.15) is 5.82 Å². The van der Waals surface area contributed by atoms with Crippen LogP contribution in [0.4, 0.5) is 0 Å². The van der Waals surface area contributed by atoms with Gasteiger partial charge in [0.25, 0.3) is 0 Å². The number of imidazole rings is 1. The van der Waals surface area contributed by atoms with Gasteiger partial charge in [-0.05, 0) is 30.7 Å². The summed E-state index contributed by atoms with van der Waals surface area (Å²) in [6, 6.07) is 3.79. The van der Waals surface area contributed by atoms with Gasteiger partial charge in [-0.2, -0.15) is 11.8 Å². The summed E-state index contributed by atoms with van der Waals surface area (Å²) in [6.07, 6.45) is 7.14. The number of carbonyl (C=O) groups excluding carboxylic acids is 1. The first-order valence-electron chi connectivity index (χ1n) is 5.88. The van der Waals surface area contributed by atoms with Crippen LogP contribution in [0, 0.1) is 0 Å². The maximum atomic E-state index is 10.8. The van der Waals surface area contributed by atoms with E-state index in [1.807, 2.05) is 36.3 Å². The molecule has 1 unspecified atom stereocenters. The van der Waals surface area contributed by atoms with Crippen LogP contribution in [0.15, 0.2) is 24.5 Å². The lowest BCUT2D eigenvalue weighted by Gasteiger charge is -2.20. The van der Waals surface area contributed by atoms with E-state index >= 15 is 0 Å². The molecular weight excluding hydrogens is 232 g/mol. The lowest BCUT2D eigenvalue weighted by molar-refractivity contribution is 0.112. The number of pyridine rings is 1. The summed E-state index contributed by atoms with van der Waals surface area (Å²) in [5.74, 6) is 4.04. The molecule has 1 fully saturated rings. The molecule has 3 rings (SSSR count). The average molecular weight is 246 g/mol. The van der Waals surface area contributed by atoms with Crippen molar-refractivity contribution < 1.29 is 4.79 Å². The van der Waals surface area contributed by atoms with Crippen molar-refractivity contribution in [2.24, 2.45) is 0 Å². The number of hydrogen-bond donors (Lipinski definition) is 0. The Labute approximate surface area is 104 Å². The Hall–Kier alpha value is -1.29. The Morgan fingerprint density at radius 3 is 3.18 bits per heavy atom. The molecule has 0 bridgehead atoms. The van der Waals surface area contributed by atoms with E-state index in [1.165, 1.54) is 18.6 Å². The van der Waals surface area contributed by atoms with Gasteiger partial charge in [0, 0.05) is 23.4 Å². The number of aldehydes is 1. The van der Waals surface area contributed by atoms with Gasteiger partial charge in [-0.15, -0.1) is 0 Å². The highest BCUT2D eigenvalue weighted by molar-refractivity contribution is 7.99. The van der Waals surface area contributed by atoms with E-state index in [0.29, 0.717) is 11.5 Å². The van der Waals surface area contributed by atoms with Gasteiger partial charge in [0.2, 0.25) is 0 Å². The van der Waals surface area contributed by atoms with Crippen molar-refractivity contribution in [2.75, 3.05) is 11.5 Å². The molecule has 0 saturated carbocycles. The van der Waals surface area contributed by atoms with E-state index < -0.39 is 0 Å². The zero-order chi connectivity index (χ0) is 11.7. The van der Waals surface area contributed by atoms with Crippen molar-refractivity contribution in [2.45, 2.75) is 18.8 Å². The Morgan fingerprint density at radius 2 is 2.41 bits per heavy atom. The molecule has 2 aromatic rings. The second-order valence-corrected chi connectivity index (χ2v) is 5.56. The molecule has 1 aliphatic rings. The number of hydrogen-bond acceptors (Lipinski definition) is 3. The lowest BCUT2D eigenvalue weighted by Crippen LogP contribution is -2.12. The first kappa shape index (κ1) is 10.8. The van der Waals surface area contributed by atoms with Gasteiger partial charge in [0.05, 0.1) is 11.7 Å². The summed E-state index contributed by atoms with van der Waals surface area (Å²) < 4.78 is 2.07. The smallest absolute Gasteiger partial charge is 0.151 e. The topological polar surface area (TPSA) is 34.4 Å². The molecule has 0 amide bonds. The van der Waals surface area contributed by atoms with Gasteiger partial charge in [-0.1, -0.05) is 0 Å². The quantitative estimate of drug-likeness (QED) is 0.764. The number of carbonyl (C=O) groups is 1. The highest BCUT2D eigenvalue weighted by Crippen LogP contribution is 2.30. The fraction of sp³-hybridized carbons (Fsp3) is 0.385. The third-order valence-electron chi connectivity index (χ3n) is 3.24. The largest absolute Gasteiger partial charge is 0.303 e. The summed E-state index contributed by atoms with van der Waals surface area (Å²) in [6.45, 7) is 0. The zero-order valence-corrected chi connectivity index (χ0v) is 10.3. The molecule has 1 saturated heterocycles. The fourth-order valence-electron chi connectivity index (χ4n) is 2.34. The Kier molecular flexibility index (Phi) is 2.89. The number of nitrogens with zero attached hydrogens (tertiary/aromatic N) is 2. The van der Waals surface area contributed by atoms with Crippen LogP contribution >= 0.6 is 11.8 Å². The predicted molar refractivity (Wildman–Crippen MR) is 69.9 cm³/mol. The standard InChI is InChI=1S/C13H14N2OS/c16-8-10-3-4-12-6-14-13(15(12)7-10)11-2-1-5-17-9-11/h3-4,6-8,11H,1-2,5,9H2. The second kappa shape index (κ2) is 4.53. The lowest BCUT2D eigenvalue weighted by atomic mass is 10.0. The first-order valence-corrected chi connectivity index (χ1v) is 7.04. The van der Waals surface area contributed by atoms with E-state index in [1.54, 1.807) is 0 Å². The molecule has 17 heavy (non-hydrogen) atoms. The molecule has 0 spiro atoms. The van der Waals surface area contributed by atoms with Gasteiger partial charge in [0.15, 0.2) is 6.29 Å². The number of aromatic nitrogens is 2. The van der Waals surface area contributed by atoms with Gasteiger partial charge in [-0.25, -0.2) is 4.98 Å². The van der Waals surface area contributed by atoms with E-state index in [9.17, 15) is 4.79 Å². The van der Waals surface area contributed by atoms with Crippen molar-refractivity contribution in [3.8, 4) is 0 Å². The van der Waals surface area contributed by atoms with E-state index in [0.717, 1.165) is 23.4 Å². The molecule has 0 N–H and O–H groups in total. The van der Waals surface area contributed by atoms with Crippen molar-refractivity contribution in [3.63, 3.8) is 0 Å². The predicted octanol–water partition coefficient (Wildman–Crippen LogP) is 2.76. The molecule has 1 aliphatic heterocycles. The van der Waals surface area contributed by atoms with Crippen molar-refractivity contribution in [3.05, 3.63) is 35.9 Å². The van der Waals surface area contributed by atoms with Crippen LogP contribution in [0.1, 0.15) is 34.9 Å². The van der Waals surface area contributed by atoms with Crippen LogP contribution in [0.3, 0.4) is 0 Å². The van der Waals surface area contributed by atoms with E-state index in [2.05, 4.69) is 9.38 Å². The third kappa shape index (κ3) is 1.97. The van der Waals surface area contributed by atoms with Crippen LogP contribution in [0.5, 0.6) is 0 Å². The fourth-order valence-corrected chi connectivity index (χ4v) is 3.48. The van der Waals surface area contributed by atoms with E-state index in [4.69, 9.17) is 0 Å². The molecule has 1 atom stereocenters. The molecule has 88 valence electrons. The third-order valence-corrected chi connectivity index (χ3v) is 4.46. The van der Waals surface area contributed by atoms with Crippen LogP contribution in [-0.2, 0) is 0 Å². The maximum absolute atomic E-state index is 10.8. The molecule has 4 heteroatoms. The minimum Gasteiger partial charge on any atom is -0.303 e. The molecule has 0 aliphatic carbocycles. The van der Waals surface area contributed by atoms with Crippen LogP contribution in [0.25, 0.3) is 5.52 Å². The molecule has 0 radical (unpaired) electrons. The zero-order valence-electron chi connectivity index (χ0n) is 9.50. The molecule has 3 heterocycles. The summed E-state index contributed by atoms with van der Waals surface area (Å²) >= 11 is 2.00. The number of fused-ring (bicyclic) bond motifs is 1. The Morgan fingerprint density at radius 1 is 1.47 bits per heavy atom. The second-order valence-electron chi connectivity index (χ2n) is 4.41. The van der Waals surface area contributed by atoms with Crippen molar-refractivity contribution in [1.82, 2.24) is 9.38 Å². The number of thioether (sulfide) groups is 1. The summed E-state index contributed by atoms with van der Waals surface area (Å²) in [4.78, 5) is 15.3. The van der Waals surface area contributed by atoms with Crippen LogP contribution in [0.2, 0.25) is 0 Å². The number of rotatable bonds is 2. The Bertz CT molecular complexity index is 543. The van der Waals surface area contributed by atoms with Gasteiger partial charge in [-0.3, -0.25) is 4.79 Å². The molecule has 0 aromatic carbocycles. The minimum absolute atomic E-state index is 0.526. The van der Waals surface area contributed by atoms with Crippen molar-refractivity contribution in [1.29, 1.82) is 0 Å². The Balaban J connectivity index is 2.05. The summed E-state index contributed by atoms with van der Waals surface area (Å²) in [7, 11) is 0. The molecule has 3 nitrogen and oxygen atoms in total. The summed E-state index contributed by atoms with van der Waals surface area (Å²) in [5, 5.41) is 0. The van der Waals surface area contributed by atoms with Crippen LogP contribution in [-0.4, -0.2) is 27.2 Å². The molecule has 2 aromatic heterocycles. The monoisotopic (exact) mass is 246 g/mol. The highest BCUT2D eigenvalue weighted by Gasteiger charge is 2.20. The maximum Gasteiger partial charge on any atom is 0.151 e. The summed E-state index contributed by atoms with van der Waals surface area (Å²) in [5.41, 5.74) is 1.78. The van der Waals surface area contributed by atoms with Crippen LogP contribution < -0.4 is 0 Å². The van der Waals surface area contributed by atoms with E-state index in [-0.39, 0.29) is 0 Å². The minimum atomic E-state index is 0.526. The van der Waals surface area contributed by atoms with Crippen molar-refractivity contribution >= 4 is 23.6 Å².